The number of likely N-dealkylation sites (tertiary alicyclic amines) is 1. The summed E-state index contributed by atoms with van der Waals surface area (Å²) < 4.78 is 18.8. The molecule has 1 aromatic heterocycles. The Morgan fingerprint density at radius 2 is 2.13 bits per heavy atom. The minimum Gasteiger partial charge on any atom is -0.467 e. The van der Waals surface area contributed by atoms with Crippen molar-refractivity contribution < 1.29 is 18.4 Å². The largest absolute Gasteiger partial charge is 0.467 e. The molecule has 23 heavy (non-hydrogen) atoms. The molecule has 1 atom stereocenters. The van der Waals surface area contributed by atoms with E-state index in [0.717, 1.165) is 0 Å². The number of hydrogen-bond donors (Lipinski definition) is 1. The SMILES string of the molecule is O=C(NCc1ccccc1F)[C@@H]1CCC(=O)N1Cc1ccco1. The molecular weight excluding hydrogens is 299 g/mol. The highest BCUT2D eigenvalue weighted by atomic mass is 19.1. The molecule has 0 unspecified atom stereocenters. The van der Waals surface area contributed by atoms with Gasteiger partial charge in [0.25, 0.3) is 0 Å². The second-order valence-corrected chi connectivity index (χ2v) is 5.46. The molecule has 1 N–H and O–H groups in total. The van der Waals surface area contributed by atoms with Gasteiger partial charge in [-0.15, -0.1) is 0 Å². The molecule has 1 aliphatic heterocycles. The molecule has 0 bridgehead atoms. The molecule has 1 fully saturated rings. The van der Waals surface area contributed by atoms with Gasteiger partial charge in [-0.05, 0) is 24.6 Å². The Hall–Kier alpha value is -2.63. The van der Waals surface area contributed by atoms with Gasteiger partial charge in [-0.25, -0.2) is 4.39 Å². The first-order valence-electron chi connectivity index (χ1n) is 7.48. The Balaban J connectivity index is 1.63. The number of nitrogens with one attached hydrogen (secondary N) is 1. The minimum absolute atomic E-state index is 0.0764. The maximum Gasteiger partial charge on any atom is 0.243 e. The summed E-state index contributed by atoms with van der Waals surface area (Å²) in [4.78, 5) is 25.9. The summed E-state index contributed by atoms with van der Waals surface area (Å²) >= 11 is 0. The molecular formula is C17H17FN2O3. The molecule has 3 rings (SSSR count). The lowest BCUT2D eigenvalue weighted by Gasteiger charge is -2.23. The third-order valence-electron chi connectivity index (χ3n) is 3.95. The Morgan fingerprint density at radius 1 is 1.30 bits per heavy atom. The van der Waals surface area contributed by atoms with Crippen LogP contribution in [0.2, 0.25) is 0 Å². The van der Waals surface area contributed by atoms with Crippen molar-refractivity contribution in [3.63, 3.8) is 0 Å². The number of carbonyl (C=O) groups excluding carboxylic acids is 2. The maximum absolute atomic E-state index is 13.6. The zero-order valence-corrected chi connectivity index (χ0v) is 12.5. The van der Waals surface area contributed by atoms with Gasteiger partial charge >= 0.3 is 0 Å². The molecule has 1 aromatic carbocycles. The number of hydrogen-bond acceptors (Lipinski definition) is 3. The zero-order valence-electron chi connectivity index (χ0n) is 12.5. The van der Waals surface area contributed by atoms with Crippen LogP contribution in [0.5, 0.6) is 0 Å². The van der Waals surface area contributed by atoms with Gasteiger partial charge in [-0.3, -0.25) is 9.59 Å². The second kappa shape index (κ2) is 6.64. The molecule has 2 amide bonds. The van der Waals surface area contributed by atoms with Gasteiger partial charge in [-0.2, -0.15) is 0 Å². The summed E-state index contributed by atoms with van der Waals surface area (Å²) in [5.74, 6) is -0.0759. The zero-order chi connectivity index (χ0) is 16.2. The standard InChI is InChI=1S/C17H17FN2O3/c18-14-6-2-1-4-12(14)10-19-17(22)15-7-8-16(21)20(15)11-13-5-3-9-23-13/h1-6,9,15H,7-8,10-11H2,(H,19,22)/t15-/m0/s1. The number of furan rings is 1. The van der Waals surface area contributed by atoms with E-state index in [-0.39, 0.29) is 30.7 Å². The van der Waals surface area contributed by atoms with Crippen LogP contribution in [-0.4, -0.2) is 22.8 Å². The number of amides is 2. The molecule has 1 aliphatic rings. The number of rotatable bonds is 5. The van der Waals surface area contributed by atoms with E-state index in [9.17, 15) is 14.0 Å². The minimum atomic E-state index is -0.542. The van der Waals surface area contributed by atoms with E-state index in [2.05, 4.69) is 5.32 Å². The number of nitrogens with zero attached hydrogens (tertiary/aromatic N) is 1. The monoisotopic (exact) mass is 316 g/mol. The molecule has 6 heteroatoms. The van der Waals surface area contributed by atoms with Crippen molar-refractivity contribution in [2.24, 2.45) is 0 Å². The first-order chi connectivity index (χ1) is 11.1. The third-order valence-corrected chi connectivity index (χ3v) is 3.95. The highest BCUT2D eigenvalue weighted by molar-refractivity contribution is 5.90. The lowest BCUT2D eigenvalue weighted by molar-refractivity contribution is -0.136. The van der Waals surface area contributed by atoms with E-state index in [1.807, 2.05) is 0 Å². The summed E-state index contributed by atoms with van der Waals surface area (Å²) in [6.07, 6.45) is 2.32. The molecule has 2 heterocycles. The second-order valence-electron chi connectivity index (χ2n) is 5.46. The first kappa shape index (κ1) is 15.3. The Labute approximate surface area is 133 Å². The van der Waals surface area contributed by atoms with Gasteiger partial charge in [-0.1, -0.05) is 18.2 Å². The number of benzene rings is 1. The predicted molar refractivity (Wildman–Crippen MR) is 80.5 cm³/mol. The van der Waals surface area contributed by atoms with Crippen LogP contribution in [0.3, 0.4) is 0 Å². The average molecular weight is 316 g/mol. The smallest absolute Gasteiger partial charge is 0.243 e. The Bertz CT molecular complexity index is 700. The van der Waals surface area contributed by atoms with Gasteiger partial charge in [0, 0.05) is 18.5 Å². The van der Waals surface area contributed by atoms with Crippen molar-refractivity contribution in [2.45, 2.75) is 32.0 Å². The quantitative estimate of drug-likeness (QED) is 0.920. The van der Waals surface area contributed by atoms with Crippen molar-refractivity contribution in [1.82, 2.24) is 10.2 Å². The topological polar surface area (TPSA) is 62.6 Å². The summed E-state index contributed by atoms with van der Waals surface area (Å²) in [6, 6.07) is 9.25. The summed E-state index contributed by atoms with van der Waals surface area (Å²) in [6.45, 7) is 0.369. The van der Waals surface area contributed by atoms with E-state index in [4.69, 9.17) is 4.42 Å². The first-order valence-corrected chi connectivity index (χ1v) is 7.48. The van der Waals surface area contributed by atoms with Crippen LogP contribution in [-0.2, 0) is 22.7 Å². The van der Waals surface area contributed by atoms with Gasteiger partial charge in [0.15, 0.2) is 0 Å². The van der Waals surface area contributed by atoms with E-state index >= 15 is 0 Å². The lowest BCUT2D eigenvalue weighted by Crippen LogP contribution is -2.44. The summed E-state index contributed by atoms with van der Waals surface area (Å²) in [5.41, 5.74) is 0.419. The maximum atomic E-state index is 13.6. The highest BCUT2D eigenvalue weighted by Crippen LogP contribution is 2.22. The van der Waals surface area contributed by atoms with E-state index in [1.165, 1.54) is 17.2 Å². The van der Waals surface area contributed by atoms with Crippen LogP contribution in [0.4, 0.5) is 4.39 Å². The van der Waals surface area contributed by atoms with Crippen LogP contribution in [0.25, 0.3) is 0 Å². The average Bonchev–Trinajstić information content (AvgIpc) is 3.18. The van der Waals surface area contributed by atoms with E-state index in [0.29, 0.717) is 24.2 Å². The molecule has 120 valence electrons. The van der Waals surface area contributed by atoms with Crippen LogP contribution in [0.15, 0.2) is 47.1 Å². The number of carbonyl (C=O) groups is 2. The van der Waals surface area contributed by atoms with Crippen molar-refractivity contribution in [2.75, 3.05) is 0 Å². The Kier molecular flexibility index (Phi) is 4.41. The van der Waals surface area contributed by atoms with Crippen molar-refractivity contribution in [3.05, 3.63) is 59.8 Å². The van der Waals surface area contributed by atoms with Crippen LogP contribution in [0, 0.1) is 5.82 Å². The third kappa shape index (κ3) is 3.41. The molecule has 0 aliphatic carbocycles. The molecule has 5 nitrogen and oxygen atoms in total. The molecule has 0 radical (unpaired) electrons. The molecule has 0 spiro atoms. The fourth-order valence-corrected chi connectivity index (χ4v) is 2.72. The van der Waals surface area contributed by atoms with Crippen LogP contribution >= 0.6 is 0 Å². The molecule has 2 aromatic rings. The van der Waals surface area contributed by atoms with Crippen LogP contribution in [0.1, 0.15) is 24.2 Å². The fraction of sp³-hybridized carbons (Fsp3) is 0.294. The summed E-state index contributed by atoms with van der Waals surface area (Å²) in [7, 11) is 0. The fourth-order valence-electron chi connectivity index (χ4n) is 2.72. The summed E-state index contributed by atoms with van der Waals surface area (Å²) in [5, 5.41) is 2.71. The normalized spacial score (nSPS) is 17.5. The Morgan fingerprint density at radius 3 is 2.87 bits per heavy atom. The van der Waals surface area contributed by atoms with Crippen molar-refractivity contribution in [3.8, 4) is 0 Å². The van der Waals surface area contributed by atoms with Gasteiger partial charge in [0.05, 0.1) is 12.8 Å². The highest BCUT2D eigenvalue weighted by Gasteiger charge is 2.36. The van der Waals surface area contributed by atoms with E-state index in [1.54, 1.807) is 30.3 Å². The van der Waals surface area contributed by atoms with Crippen molar-refractivity contribution in [1.29, 1.82) is 0 Å². The molecule has 0 saturated carbocycles. The van der Waals surface area contributed by atoms with Gasteiger partial charge < -0.3 is 14.6 Å². The van der Waals surface area contributed by atoms with Crippen molar-refractivity contribution >= 4 is 11.8 Å². The lowest BCUT2D eigenvalue weighted by atomic mass is 10.1. The molecule has 1 saturated heterocycles. The predicted octanol–water partition coefficient (Wildman–Crippen LogP) is 2.23. The number of halogens is 1. The van der Waals surface area contributed by atoms with Gasteiger partial charge in [0.2, 0.25) is 11.8 Å². The van der Waals surface area contributed by atoms with Crippen LogP contribution < -0.4 is 5.32 Å². The van der Waals surface area contributed by atoms with E-state index < -0.39 is 6.04 Å². The van der Waals surface area contributed by atoms with Gasteiger partial charge in [0.1, 0.15) is 17.6 Å².